The van der Waals surface area contributed by atoms with E-state index >= 15 is 0 Å². The average Bonchev–Trinajstić information content (AvgIpc) is 2.84. The van der Waals surface area contributed by atoms with Gasteiger partial charge in [0.25, 0.3) is 0 Å². The van der Waals surface area contributed by atoms with E-state index in [4.69, 9.17) is 11.5 Å². The predicted molar refractivity (Wildman–Crippen MR) is 50.6 cm³/mol. The molecular formula is C10H14N2O. The van der Waals surface area contributed by atoms with Gasteiger partial charge in [-0.15, -0.1) is 0 Å². The van der Waals surface area contributed by atoms with Gasteiger partial charge in [0, 0.05) is 0 Å². The molecule has 13 heavy (non-hydrogen) atoms. The summed E-state index contributed by atoms with van der Waals surface area (Å²) in [6.45, 7) is 2.12. The van der Waals surface area contributed by atoms with Crippen molar-refractivity contribution in [1.82, 2.24) is 0 Å². The summed E-state index contributed by atoms with van der Waals surface area (Å²) in [5.74, 6) is 0.697. The van der Waals surface area contributed by atoms with Crippen LogP contribution in [0.2, 0.25) is 0 Å². The van der Waals surface area contributed by atoms with Crippen molar-refractivity contribution in [2.75, 3.05) is 0 Å². The minimum atomic E-state index is -0.584. The fourth-order valence-corrected chi connectivity index (χ4v) is 2.04. The first-order valence-electron chi connectivity index (χ1n) is 4.54. The van der Waals surface area contributed by atoms with E-state index < -0.39 is 11.9 Å². The molecule has 0 radical (unpaired) electrons. The number of carbonyl (C=O) groups is 1. The lowest BCUT2D eigenvalue weighted by Gasteiger charge is -2.15. The van der Waals surface area contributed by atoms with Gasteiger partial charge in [-0.25, -0.2) is 0 Å². The molecule has 3 nitrogen and oxygen atoms in total. The van der Waals surface area contributed by atoms with Crippen LogP contribution in [0.5, 0.6) is 0 Å². The van der Waals surface area contributed by atoms with Crippen molar-refractivity contribution in [2.24, 2.45) is 23.3 Å². The third kappa shape index (κ3) is 1.29. The van der Waals surface area contributed by atoms with E-state index in [1.807, 2.05) is 12.2 Å². The number of rotatable bonds is 2. The number of nitrogens with two attached hydrogens (primary N) is 2. The number of amides is 1. The molecule has 3 heteroatoms. The highest BCUT2D eigenvalue weighted by atomic mass is 16.1. The maximum absolute atomic E-state index is 10.9. The zero-order chi connectivity index (χ0) is 9.59. The maximum Gasteiger partial charge on any atom is 0.238 e. The number of allylic oxidation sites excluding steroid dienone is 3. The lowest BCUT2D eigenvalue weighted by atomic mass is 9.94. The Morgan fingerprint density at radius 3 is 2.85 bits per heavy atom. The van der Waals surface area contributed by atoms with Crippen molar-refractivity contribution in [3.63, 3.8) is 0 Å². The van der Waals surface area contributed by atoms with Crippen molar-refractivity contribution in [2.45, 2.75) is 19.4 Å². The van der Waals surface area contributed by atoms with Crippen molar-refractivity contribution in [3.8, 4) is 0 Å². The minimum absolute atomic E-state index is 0.426. The Hall–Kier alpha value is -1.09. The average molecular weight is 178 g/mol. The van der Waals surface area contributed by atoms with E-state index in [0.29, 0.717) is 11.8 Å². The molecule has 3 unspecified atom stereocenters. The van der Waals surface area contributed by atoms with Crippen LogP contribution >= 0.6 is 0 Å². The van der Waals surface area contributed by atoms with E-state index in [9.17, 15) is 4.79 Å². The third-order valence-electron chi connectivity index (χ3n) is 3.01. The number of hydrogen-bond acceptors (Lipinski definition) is 2. The highest BCUT2D eigenvalue weighted by Gasteiger charge is 2.44. The molecule has 70 valence electrons. The Balaban J connectivity index is 2.21. The van der Waals surface area contributed by atoms with Crippen LogP contribution in [0.25, 0.3) is 0 Å². The molecule has 0 aromatic heterocycles. The molecule has 0 aromatic rings. The number of primary amides is 1. The Bertz CT molecular complexity index is 317. The summed E-state index contributed by atoms with van der Waals surface area (Å²) in [7, 11) is 0. The predicted octanol–water partition coefficient (Wildman–Crippen LogP) is 0.321. The Kier molecular flexibility index (Phi) is 1.77. The number of hydrogen-bond donors (Lipinski definition) is 2. The molecule has 0 spiro atoms. The Morgan fingerprint density at radius 1 is 1.54 bits per heavy atom. The summed E-state index contributed by atoms with van der Waals surface area (Å²) >= 11 is 0. The molecular weight excluding hydrogens is 164 g/mol. The van der Waals surface area contributed by atoms with Crippen molar-refractivity contribution in [1.29, 1.82) is 0 Å². The van der Waals surface area contributed by atoms with Crippen LogP contribution in [0.4, 0.5) is 0 Å². The van der Waals surface area contributed by atoms with Gasteiger partial charge in [0.1, 0.15) is 6.04 Å². The Labute approximate surface area is 77.5 Å². The molecule has 0 aliphatic heterocycles. The first kappa shape index (κ1) is 8.51. The third-order valence-corrected chi connectivity index (χ3v) is 3.01. The quantitative estimate of drug-likeness (QED) is 0.639. The molecule has 0 bridgehead atoms. The van der Waals surface area contributed by atoms with E-state index in [1.54, 1.807) is 0 Å². The molecule has 2 aliphatic carbocycles. The molecule has 2 aliphatic rings. The fraction of sp³-hybridized carbons (Fsp3) is 0.500. The molecule has 0 heterocycles. The topological polar surface area (TPSA) is 69.1 Å². The van der Waals surface area contributed by atoms with Crippen LogP contribution in [0, 0.1) is 11.8 Å². The zero-order valence-electron chi connectivity index (χ0n) is 7.66. The summed E-state index contributed by atoms with van der Waals surface area (Å²) in [6, 6.07) is -0.584. The molecule has 1 fully saturated rings. The van der Waals surface area contributed by atoms with Gasteiger partial charge < -0.3 is 11.5 Å². The second-order valence-electron chi connectivity index (χ2n) is 3.91. The second kappa shape index (κ2) is 2.70. The highest BCUT2D eigenvalue weighted by molar-refractivity contribution is 5.83. The van der Waals surface area contributed by atoms with Gasteiger partial charge in [0.05, 0.1) is 0 Å². The van der Waals surface area contributed by atoms with Crippen LogP contribution in [0.15, 0.2) is 23.3 Å². The summed E-state index contributed by atoms with van der Waals surface area (Å²) in [5, 5.41) is 0. The lowest BCUT2D eigenvalue weighted by Crippen LogP contribution is -2.39. The molecule has 3 atom stereocenters. The van der Waals surface area contributed by atoms with Gasteiger partial charge in [-0.1, -0.05) is 17.7 Å². The molecule has 0 aromatic carbocycles. The van der Waals surface area contributed by atoms with Gasteiger partial charge in [-0.2, -0.15) is 0 Å². The van der Waals surface area contributed by atoms with Gasteiger partial charge in [0.2, 0.25) is 5.91 Å². The zero-order valence-corrected chi connectivity index (χ0v) is 7.66. The van der Waals surface area contributed by atoms with Crippen LogP contribution in [0.3, 0.4) is 0 Å². The van der Waals surface area contributed by atoms with E-state index in [0.717, 1.165) is 12.0 Å². The van der Waals surface area contributed by atoms with Gasteiger partial charge in [-0.3, -0.25) is 4.79 Å². The van der Waals surface area contributed by atoms with E-state index in [-0.39, 0.29) is 0 Å². The minimum Gasteiger partial charge on any atom is -0.368 e. The first-order valence-corrected chi connectivity index (χ1v) is 4.54. The smallest absolute Gasteiger partial charge is 0.238 e. The van der Waals surface area contributed by atoms with Crippen molar-refractivity contribution < 1.29 is 4.79 Å². The standard InChI is InChI=1S/C10H14N2O/c1-5-2-3-6(8-4-7(5)8)9(11)10(12)13/h2-3,7-9H,4,11H2,1H3,(H2,12,13). The van der Waals surface area contributed by atoms with Gasteiger partial charge >= 0.3 is 0 Å². The van der Waals surface area contributed by atoms with Crippen LogP contribution in [-0.2, 0) is 4.79 Å². The monoisotopic (exact) mass is 178 g/mol. The molecule has 4 N–H and O–H groups in total. The van der Waals surface area contributed by atoms with Crippen molar-refractivity contribution in [3.05, 3.63) is 23.3 Å². The highest BCUT2D eigenvalue weighted by Crippen LogP contribution is 2.51. The van der Waals surface area contributed by atoms with Gasteiger partial charge in [-0.05, 0) is 30.8 Å². The molecule has 1 amide bonds. The summed E-state index contributed by atoms with van der Waals surface area (Å²) in [6.07, 6.45) is 5.14. The van der Waals surface area contributed by atoms with Gasteiger partial charge in [0.15, 0.2) is 0 Å². The number of fused-ring (bicyclic) bond motifs is 1. The van der Waals surface area contributed by atoms with E-state index in [1.165, 1.54) is 5.57 Å². The summed E-state index contributed by atoms with van der Waals surface area (Å²) in [4.78, 5) is 10.9. The second-order valence-corrected chi connectivity index (χ2v) is 3.91. The fourth-order valence-electron chi connectivity index (χ4n) is 2.04. The van der Waals surface area contributed by atoms with Crippen molar-refractivity contribution >= 4 is 5.91 Å². The Morgan fingerprint density at radius 2 is 2.23 bits per heavy atom. The molecule has 2 rings (SSSR count). The maximum atomic E-state index is 10.9. The number of carbonyl (C=O) groups excluding carboxylic acids is 1. The van der Waals surface area contributed by atoms with Crippen LogP contribution in [0.1, 0.15) is 13.3 Å². The molecule has 0 saturated heterocycles. The molecule has 1 saturated carbocycles. The van der Waals surface area contributed by atoms with E-state index in [2.05, 4.69) is 6.92 Å². The first-order chi connectivity index (χ1) is 6.11. The largest absolute Gasteiger partial charge is 0.368 e. The normalized spacial score (nSPS) is 32.8. The summed E-state index contributed by atoms with van der Waals surface area (Å²) in [5.41, 5.74) is 13.2. The van der Waals surface area contributed by atoms with Crippen LogP contribution in [-0.4, -0.2) is 11.9 Å². The summed E-state index contributed by atoms with van der Waals surface area (Å²) < 4.78 is 0. The lowest BCUT2D eigenvalue weighted by molar-refractivity contribution is -0.118. The van der Waals surface area contributed by atoms with Crippen LogP contribution < -0.4 is 11.5 Å². The SMILES string of the molecule is CC1=CC=C(C(N)C(N)=O)C2CC12.